The van der Waals surface area contributed by atoms with Crippen molar-refractivity contribution in [1.82, 2.24) is 9.78 Å². The zero-order valence-corrected chi connectivity index (χ0v) is 17.1. The van der Waals surface area contributed by atoms with Crippen molar-refractivity contribution in [3.63, 3.8) is 0 Å². The maximum absolute atomic E-state index is 14.0. The van der Waals surface area contributed by atoms with Gasteiger partial charge in [-0.05, 0) is 61.8 Å². The Hall–Kier alpha value is -3.63. The van der Waals surface area contributed by atoms with Crippen LogP contribution in [0, 0.1) is 23.5 Å². The van der Waals surface area contributed by atoms with Crippen molar-refractivity contribution in [2.24, 2.45) is 5.18 Å². The van der Waals surface area contributed by atoms with E-state index < -0.39 is 41.1 Å². The summed E-state index contributed by atoms with van der Waals surface area (Å²) in [4.78, 5) is 23.9. The number of carbonyl (C=O) groups excluding carboxylic acids is 1. The monoisotopic (exact) mass is 452 g/mol. The van der Waals surface area contributed by atoms with Crippen molar-refractivity contribution in [3.05, 3.63) is 69.8 Å². The normalized spacial score (nSPS) is 11.7. The van der Waals surface area contributed by atoms with E-state index in [1.54, 1.807) is 13.8 Å². The van der Waals surface area contributed by atoms with E-state index in [1.165, 1.54) is 31.2 Å². The zero-order chi connectivity index (χ0) is 23.8. The van der Waals surface area contributed by atoms with E-state index in [1.807, 2.05) is 0 Å². The highest BCUT2D eigenvalue weighted by atomic mass is 19.4. The van der Waals surface area contributed by atoms with Crippen LogP contribution in [-0.4, -0.2) is 15.7 Å². The summed E-state index contributed by atoms with van der Waals surface area (Å²) in [5, 5.41) is 8.58. The molecule has 0 spiro atoms. The van der Waals surface area contributed by atoms with Crippen LogP contribution in [0.25, 0.3) is 11.3 Å². The first-order chi connectivity index (χ1) is 14.9. The number of alkyl halides is 3. The summed E-state index contributed by atoms with van der Waals surface area (Å²) in [6, 6.07) is 6.29. The highest BCUT2D eigenvalue weighted by Crippen LogP contribution is 2.37. The fourth-order valence-corrected chi connectivity index (χ4v) is 3.03. The second kappa shape index (κ2) is 8.48. The minimum Gasteiger partial charge on any atom is -0.319 e. The molecule has 0 aliphatic heterocycles. The van der Waals surface area contributed by atoms with Crippen LogP contribution in [0.5, 0.6) is 0 Å². The SMILES string of the molecule is Cc1ccc(NC(=O)c2ccc(-c3cc(C(F)(F)F)nn3C(C)C)c(N=O)c2)c(F)c1F. The predicted octanol–water partition coefficient (Wildman–Crippen LogP) is 6.39. The smallest absolute Gasteiger partial charge is 0.319 e. The van der Waals surface area contributed by atoms with Gasteiger partial charge in [-0.2, -0.15) is 18.3 Å². The Morgan fingerprint density at radius 2 is 1.78 bits per heavy atom. The molecule has 0 radical (unpaired) electrons. The van der Waals surface area contributed by atoms with Crippen LogP contribution in [0.4, 0.5) is 33.3 Å². The first kappa shape index (κ1) is 23.0. The summed E-state index contributed by atoms with van der Waals surface area (Å²) >= 11 is 0. The van der Waals surface area contributed by atoms with Gasteiger partial charge in [0, 0.05) is 17.2 Å². The van der Waals surface area contributed by atoms with Gasteiger partial charge in [-0.25, -0.2) is 8.78 Å². The van der Waals surface area contributed by atoms with Crippen LogP contribution in [0.15, 0.2) is 41.6 Å². The van der Waals surface area contributed by atoms with Gasteiger partial charge in [0.15, 0.2) is 17.3 Å². The standard InChI is InChI=1S/C21H17F5N4O2/c1-10(2)30-16(9-17(28-30)21(24,25)26)13-6-5-12(8-15(13)29-32)20(31)27-14-7-4-11(3)18(22)19(14)23/h4-10H,1-3H3,(H,27,31). The number of anilines is 1. The number of hydrogen-bond acceptors (Lipinski definition) is 4. The van der Waals surface area contributed by atoms with Crippen molar-refractivity contribution in [2.75, 3.05) is 5.32 Å². The molecule has 0 aliphatic rings. The lowest BCUT2D eigenvalue weighted by molar-refractivity contribution is -0.141. The molecule has 1 amide bonds. The third-order valence-electron chi connectivity index (χ3n) is 4.67. The molecule has 0 atom stereocenters. The lowest BCUT2D eigenvalue weighted by Crippen LogP contribution is -2.14. The number of carbonyl (C=O) groups is 1. The van der Waals surface area contributed by atoms with Crippen LogP contribution < -0.4 is 5.32 Å². The molecule has 168 valence electrons. The molecule has 0 saturated carbocycles. The third kappa shape index (κ3) is 4.36. The Labute approximate surface area is 179 Å². The van der Waals surface area contributed by atoms with Gasteiger partial charge in [0.25, 0.3) is 5.91 Å². The lowest BCUT2D eigenvalue weighted by atomic mass is 10.0. The summed E-state index contributed by atoms with van der Waals surface area (Å²) in [5.41, 5.74) is -1.93. The van der Waals surface area contributed by atoms with Crippen molar-refractivity contribution in [1.29, 1.82) is 0 Å². The van der Waals surface area contributed by atoms with Crippen molar-refractivity contribution < 1.29 is 26.7 Å². The van der Waals surface area contributed by atoms with E-state index in [2.05, 4.69) is 15.6 Å². The molecule has 3 aromatic rings. The van der Waals surface area contributed by atoms with Crippen LogP contribution >= 0.6 is 0 Å². The molecule has 1 aromatic heterocycles. The minimum absolute atomic E-state index is 0.0134. The average Bonchev–Trinajstić information content (AvgIpc) is 3.20. The first-order valence-corrected chi connectivity index (χ1v) is 9.34. The topological polar surface area (TPSA) is 76.3 Å². The van der Waals surface area contributed by atoms with Gasteiger partial charge >= 0.3 is 6.18 Å². The quantitative estimate of drug-likeness (QED) is 0.360. The molecule has 0 saturated heterocycles. The number of nitrogens with zero attached hydrogens (tertiary/aromatic N) is 3. The number of rotatable bonds is 5. The van der Waals surface area contributed by atoms with E-state index in [-0.39, 0.29) is 28.1 Å². The molecule has 6 nitrogen and oxygen atoms in total. The zero-order valence-electron chi connectivity index (χ0n) is 17.1. The predicted molar refractivity (Wildman–Crippen MR) is 108 cm³/mol. The lowest BCUT2D eigenvalue weighted by Gasteiger charge is -2.13. The van der Waals surface area contributed by atoms with Gasteiger partial charge < -0.3 is 5.32 Å². The Morgan fingerprint density at radius 1 is 1.09 bits per heavy atom. The molecule has 2 aromatic carbocycles. The summed E-state index contributed by atoms with van der Waals surface area (Å²) in [5.74, 6) is -3.23. The number of benzene rings is 2. The summed E-state index contributed by atoms with van der Waals surface area (Å²) in [6.07, 6.45) is -4.70. The van der Waals surface area contributed by atoms with Gasteiger partial charge in [0.05, 0.1) is 11.4 Å². The maximum Gasteiger partial charge on any atom is 0.435 e. The van der Waals surface area contributed by atoms with Gasteiger partial charge in [-0.15, -0.1) is 4.91 Å². The Bertz CT molecular complexity index is 1200. The minimum atomic E-state index is -4.70. The number of nitroso groups, excluding NO2 is 1. The van der Waals surface area contributed by atoms with Crippen molar-refractivity contribution in [2.45, 2.75) is 33.0 Å². The number of aromatic nitrogens is 2. The Kier molecular flexibility index (Phi) is 6.11. The van der Waals surface area contributed by atoms with Gasteiger partial charge in [0.1, 0.15) is 5.69 Å². The van der Waals surface area contributed by atoms with Crippen LogP contribution in [0.2, 0.25) is 0 Å². The van der Waals surface area contributed by atoms with Gasteiger partial charge in [-0.1, -0.05) is 6.07 Å². The van der Waals surface area contributed by atoms with E-state index in [9.17, 15) is 31.7 Å². The molecule has 0 fully saturated rings. The maximum atomic E-state index is 14.0. The molecule has 3 rings (SSSR count). The second-order valence-corrected chi connectivity index (χ2v) is 7.29. The summed E-state index contributed by atoms with van der Waals surface area (Å²) in [6.45, 7) is 4.58. The molecule has 1 heterocycles. The molecular formula is C21H17F5N4O2. The van der Waals surface area contributed by atoms with Gasteiger partial charge in [-0.3, -0.25) is 9.48 Å². The molecule has 0 unspecified atom stereocenters. The molecule has 32 heavy (non-hydrogen) atoms. The Morgan fingerprint density at radius 3 is 2.38 bits per heavy atom. The van der Waals surface area contributed by atoms with Crippen LogP contribution in [0.1, 0.15) is 41.5 Å². The number of aryl methyl sites for hydroxylation is 1. The highest BCUT2D eigenvalue weighted by Gasteiger charge is 2.35. The van der Waals surface area contributed by atoms with E-state index >= 15 is 0 Å². The second-order valence-electron chi connectivity index (χ2n) is 7.29. The average molecular weight is 452 g/mol. The Balaban J connectivity index is 2.00. The summed E-state index contributed by atoms with van der Waals surface area (Å²) < 4.78 is 68.2. The number of halogens is 5. The largest absolute Gasteiger partial charge is 0.435 e. The number of nitrogens with one attached hydrogen (secondary N) is 1. The van der Waals surface area contributed by atoms with Crippen molar-refractivity contribution >= 4 is 17.3 Å². The van der Waals surface area contributed by atoms with E-state index in [0.717, 1.165) is 16.8 Å². The van der Waals surface area contributed by atoms with Crippen molar-refractivity contribution in [3.8, 4) is 11.3 Å². The molecule has 0 aliphatic carbocycles. The highest BCUT2D eigenvalue weighted by molar-refractivity contribution is 6.05. The van der Waals surface area contributed by atoms with Gasteiger partial charge in [0.2, 0.25) is 0 Å². The van der Waals surface area contributed by atoms with Crippen LogP contribution in [-0.2, 0) is 6.18 Å². The number of hydrogen-bond donors (Lipinski definition) is 1. The fourth-order valence-electron chi connectivity index (χ4n) is 3.03. The first-order valence-electron chi connectivity index (χ1n) is 9.34. The third-order valence-corrected chi connectivity index (χ3v) is 4.67. The van der Waals surface area contributed by atoms with Crippen LogP contribution in [0.3, 0.4) is 0 Å². The molecule has 0 bridgehead atoms. The summed E-state index contributed by atoms with van der Waals surface area (Å²) in [7, 11) is 0. The molecule has 11 heteroatoms. The molecular weight excluding hydrogens is 435 g/mol. The number of amides is 1. The molecule has 1 N–H and O–H groups in total. The fraction of sp³-hybridized carbons (Fsp3) is 0.238. The van der Waals surface area contributed by atoms with E-state index in [4.69, 9.17) is 0 Å². The van der Waals surface area contributed by atoms with E-state index in [0.29, 0.717) is 0 Å².